The van der Waals surface area contributed by atoms with Crippen molar-refractivity contribution in [3.05, 3.63) is 40.2 Å². The molecule has 0 aliphatic heterocycles. The number of nitrogens with zero attached hydrogens (tertiary/aromatic N) is 1. The van der Waals surface area contributed by atoms with Gasteiger partial charge in [0.25, 0.3) is 0 Å². The van der Waals surface area contributed by atoms with Crippen LogP contribution in [0.5, 0.6) is 0 Å². The molecule has 0 spiro atoms. The zero-order chi connectivity index (χ0) is 11.4. The van der Waals surface area contributed by atoms with Crippen LogP contribution in [0.25, 0.3) is 0 Å². The Morgan fingerprint density at radius 3 is 3.06 bits per heavy atom. The molecular weight excluding hydrogens is 220 g/mol. The van der Waals surface area contributed by atoms with Crippen molar-refractivity contribution in [3.63, 3.8) is 0 Å². The summed E-state index contributed by atoms with van der Waals surface area (Å²) in [7, 11) is 0. The van der Waals surface area contributed by atoms with Crippen molar-refractivity contribution >= 4 is 11.3 Å². The highest BCUT2D eigenvalue weighted by Gasteiger charge is 2.05. The van der Waals surface area contributed by atoms with Gasteiger partial charge < -0.3 is 9.73 Å². The third-order valence-electron chi connectivity index (χ3n) is 2.53. The third kappa shape index (κ3) is 2.93. The fraction of sp³-hybridized carbons (Fsp3) is 0.417. The smallest absolute Gasteiger partial charge is 0.0950 e. The lowest BCUT2D eigenvalue weighted by Crippen LogP contribution is -2.20. The number of hydrogen-bond acceptors (Lipinski definition) is 4. The maximum atomic E-state index is 5.06. The van der Waals surface area contributed by atoms with Gasteiger partial charge in [-0.1, -0.05) is 0 Å². The Morgan fingerprint density at radius 2 is 2.44 bits per heavy atom. The van der Waals surface area contributed by atoms with E-state index >= 15 is 0 Å². The predicted octanol–water partition coefficient (Wildman–Crippen LogP) is 2.94. The lowest BCUT2D eigenvalue weighted by Gasteiger charge is -2.10. The molecular formula is C12H16N2OS. The summed E-state index contributed by atoms with van der Waals surface area (Å²) in [5.41, 5.74) is 1.19. The highest BCUT2D eigenvalue weighted by Crippen LogP contribution is 2.14. The van der Waals surface area contributed by atoms with Crippen LogP contribution in [0.4, 0.5) is 0 Å². The van der Waals surface area contributed by atoms with Crippen LogP contribution < -0.4 is 5.32 Å². The summed E-state index contributed by atoms with van der Waals surface area (Å²) in [6.07, 6.45) is 6.49. The van der Waals surface area contributed by atoms with Gasteiger partial charge in [-0.15, -0.1) is 11.3 Å². The van der Waals surface area contributed by atoms with Crippen LogP contribution in [-0.2, 0) is 6.42 Å². The normalized spacial score (nSPS) is 12.9. The van der Waals surface area contributed by atoms with Crippen LogP contribution in [0.15, 0.2) is 29.2 Å². The fourth-order valence-electron chi connectivity index (χ4n) is 1.57. The second-order valence-corrected chi connectivity index (χ2v) is 5.15. The minimum absolute atomic E-state index is 0.341. The lowest BCUT2D eigenvalue weighted by atomic mass is 10.2. The Balaban J connectivity index is 1.76. The van der Waals surface area contributed by atoms with Crippen molar-refractivity contribution in [2.75, 3.05) is 6.54 Å². The maximum absolute atomic E-state index is 5.06. The first kappa shape index (κ1) is 11.4. The summed E-state index contributed by atoms with van der Waals surface area (Å²) in [4.78, 5) is 5.58. The maximum Gasteiger partial charge on any atom is 0.0950 e. The molecule has 0 fully saturated rings. The minimum atomic E-state index is 0.341. The highest BCUT2D eigenvalue weighted by atomic mass is 32.1. The first-order valence-corrected chi connectivity index (χ1v) is 6.24. The summed E-state index contributed by atoms with van der Waals surface area (Å²) in [5, 5.41) is 4.60. The topological polar surface area (TPSA) is 38.1 Å². The van der Waals surface area contributed by atoms with Gasteiger partial charge in [-0.3, -0.25) is 0 Å². The van der Waals surface area contributed by atoms with E-state index in [1.807, 2.05) is 19.2 Å². The Bertz CT molecular complexity index is 422. The number of rotatable bonds is 5. The van der Waals surface area contributed by atoms with E-state index in [-0.39, 0.29) is 0 Å². The number of furan rings is 1. The van der Waals surface area contributed by atoms with Crippen molar-refractivity contribution in [2.45, 2.75) is 26.3 Å². The van der Waals surface area contributed by atoms with Gasteiger partial charge in [-0.05, 0) is 26.3 Å². The van der Waals surface area contributed by atoms with E-state index in [0.717, 1.165) is 18.0 Å². The molecule has 0 amide bonds. The first-order valence-electron chi connectivity index (χ1n) is 5.42. The molecule has 2 rings (SSSR count). The van der Waals surface area contributed by atoms with Crippen molar-refractivity contribution in [3.8, 4) is 0 Å². The molecule has 0 radical (unpaired) electrons. The molecule has 86 valence electrons. The van der Waals surface area contributed by atoms with Gasteiger partial charge in [0.15, 0.2) is 0 Å². The van der Waals surface area contributed by atoms with Crippen molar-refractivity contribution in [2.24, 2.45) is 0 Å². The van der Waals surface area contributed by atoms with Crippen LogP contribution in [0.1, 0.15) is 28.4 Å². The number of hydrogen-bond donors (Lipinski definition) is 1. The minimum Gasteiger partial charge on any atom is -0.472 e. The van der Waals surface area contributed by atoms with E-state index in [2.05, 4.69) is 17.2 Å². The molecule has 16 heavy (non-hydrogen) atoms. The lowest BCUT2D eigenvalue weighted by molar-refractivity contribution is 0.540. The standard InChI is InChI=1S/C12H16N2OS/c1-9(11-4-6-15-8-11)13-5-3-12-7-14-10(2)16-12/h4,6-9,13H,3,5H2,1-2H3. The van der Waals surface area contributed by atoms with Crippen molar-refractivity contribution in [1.29, 1.82) is 0 Å². The molecule has 2 heterocycles. The van der Waals surface area contributed by atoms with Crippen molar-refractivity contribution < 1.29 is 4.42 Å². The molecule has 2 aromatic heterocycles. The zero-order valence-electron chi connectivity index (χ0n) is 9.56. The number of aryl methyl sites for hydroxylation is 1. The van der Waals surface area contributed by atoms with Crippen LogP contribution in [0, 0.1) is 6.92 Å². The van der Waals surface area contributed by atoms with Crippen LogP contribution >= 0.6 is 11.3 Å². The SMILES string of the molecule is Cc1ncc(CCNC(C)c2ccoc2)s1. The van der Waals surface area contributed by atoms with Crippen LogP contribution in [0.3, 0.4) is 0 Å². The Morgan fingerprint density at radius 1 is 1.56 bits per heavy atom. The van der Waals surface area contributed by atoms with E-state index in [4.69, 9.17) is 4.42 Å². The average Bonchev–Trinajstić information content (AvgIpc) is 2.89. The molecule has 1 atom stereocenters. The first-order chi connectivity index (χ1) is 7.75. The van der Waals surface area contributed by atoms with Gasteiger partial charge >= 0.3 is 0 Å². The molecule has 2 aromatic rings. The van der Waals surface area contributed by atoms with E-state index in [1.54, 1.807) is 23.9 Å². The predicted molar refractivity (Wildman–Crippen MR) is 65.7 cm³/mol. The van der Waals surface area contributed by atoms with Crippen LogP contribution in [0.2, 0.25) is 0 Å². The second kappa shape index (κ2) is 5.27. The molecule has 0 bridgehead atoms. The van der Waals surface area contributed by atoms with E-state index in [0.29, 0.717) is 6.04 Å². The summed E-state index contributed by atoms with van der Waals surface area (Å²) >= 11 is 1.77. The molecule has 0 saturated heterocycles. The number of nitrogens with one attached hydrogen (secondary N) is 1. The van der Waals surface area contributed by atoms with Gasteiger partial charge in [0.05, 0.1) is 17.5 Å². The molecule has 0 aliphatic carbocycles. The second-order valence-electron chi connectivity index (χ2n) is 3.83. The largest absolute Gasteiger partial charge is 0.472 e. The van der Waals surface area contributed by atoms with E-state index in [1.165, 1.54) is 10.4 Å². The molecule has 1 N–H and O–H groups in total. The Hall–Kier alpha value is -1.13. The van der Waals surface area contributed by atoms with Crippen molar-refractivity contribution in [1.82, 2.24) is 10.3 Å². The molecule has 3 nitrogen and oxygen atoms in total. The average molecular weight is 236 g/mol. The quantitative estimate of drug-likeness (QED) is 0.867. The van der Waals surface area contributed by atoms with E-state index < -0.39 is 0 Å². The number of aromatic nitrogens is 1. The summed E-state index contributed by atoms with van der Waals surface area (Å²) < 4.78 is 5.06. The zero-order valence-corrected chi connectivity index (χ0v) is 10.4. The van der Waals surface area contributed by atoms with Gasteiger partial charge in [-0.2, -0.15) is 0 Å². The van der Waals surface area contributed by atoms with Gasteiger partial charge in [0, 0.05) is 29.2 Å². The van der Waals surface area contributed by atoms with Crippen LogP contribution in [-0.4, -0.2) is 11.5 Å². The van der Waals surface area contributed by atoms with Gasteiger partial charge in [0.1, 0.15) is 0 Å². The highest BCUT2D eigenvalue weighted by molar-refractivity contribution is 7.11. The number of thiazole rings is 1. The molecule has 0 saturated carbocycles. The molecule has 4 heteroatoms. The molecule has 0 aliphatic rings. The summed E-state index contributed by atoms with van der Waals surface area (Å²) in [6, 6.07) is 2.34. The Labute approximate surface area is 99.5 Å². The summed E-state index contributed by atoms with van der Waals surface area (Å²) in [5.74, 6) is 0. The Kier molecular flexibility index (Phi) is 3.74. The molecule has 0 aromatic carbocycles. The fourth-order valence-corrected chi connectivity index (χ4v) is 2.37. The monoisotopic (exact) mass is 236 g/mol. The van der Waals surface area contributed by atoms with Gasteiger partial charge in [0.2, 0.25) is 0 Å². The van der Waals surface area contributed by atoms with Gasteiger partial charge in [-0.25, -0.2) is 4.98 Å². The van der Waals surface area contributed by atoms with E-state index in [9.17, 15) is 0 Å². The summed E-state index contributed by atoms with van der Waals surface area (Å²) in [6.45, 7) is 5.15. The third-order valence-corrected chi connectivity index (χ3v) is 3.51. The molecule has 1 unspecified atom stereocenters.